The van der Waals surface area contributed by atoms with Crippen molar-refractivity contribution in [3.8, 4) is 0 Å². The Labute approximate surface area is 101 Å². The maximum Gasteiger partial charge on any atom is 0.151 e. The van der Waals surface area contributed by atoms with Crippen molar-refractivity contribution in [2.75, 3.05) is 17.7 Å². The molecule has 0 aliphatic carbocycles. The molecule has 88 valence electrons. The second-order valence-electron chi connectivity index (χ2n) is 4.15. The summed E-state index contributed by atoms with van der Waals surface area (Å²) >= 11 is 0. The van der Waals surface area contributed by atoms with E-state index in [-0.39, 0.29) is 0 Å². The summed E-state index contributed by atoms with van der Waals surface area (Å²) in [7, 11) is 1.97. The third-order valence-electron chi connectivity index (χ3n) is 2.72. The Hall–Kier alpha value is -2.10. The van der Waals surface area contributed by atoms with Crippen LogP contribution >= 0.6 is 0 Å². The number of aromatic nitrogens is 2. The summed E-state index contributed by atoms with van der Waals surface area (Å²) in [4.78, 5) is 10.3. The van der Waals surface area contributed by atoms with E-state index in [2.05, 4.69) is 42.0 Å². The number of rotatable bonds is 2. The Morgan fingerprint density at radius 3 is 2.47 bits per heavy atom. The van der Waals surface area contributed by atoms with Gasteiger partial charge in [-0.05, 0) is 25.5 Å². The number of nitrogen functional groups attached to an aromatic ring is 1. The van der Waals surface area contributed by atoms with E-state index < -0.39 is 0 Å². The van der Waals surface area contributed by atoms with Crippen LogP contribution in [0.15, 0.2) is 30.6 Å². The first-order chi connectivity index (χ1) is 8.08. The van der Waals surface area contributed by atoms with Gasteiger partial charge in [-0.1, -0.05) is 17.7 Å². The summed E-state index contributed by atoms with van der Waals surface area (Å²) in [5.41, 5.74) is 9.11. The largest absolute Gasteiger partial charge is 0.382 e. The predicted molar refractivity (Wildman–Crippen MR) is 70.4 cm³/mol. The van der Waals surface area contributed by atoms with Crippen LogP contribution in [0.4, 0.5) is 17.3 Å². The first kappa shape index (κ1) is 11.4. The fourth-order valence-corrected chi connectivity index (χ4v) is 1.81. The molecule has 0 aliphatic heterocycles. The number of hydrogen-bond donors (Lipinski definition) is 1. The molecule has 4 heteroatoms. The molecule has 2 aromatic rings. The highest BCUT2D eigenvalue weighted by atomic mass is 15.2. The molecule has 17 heavy (non-hydrogen) atoms. The lowest BCUT2D eigenvalue weighted by Crippen LogP contribution is -2.13. The summed E-state index contributed by atoms with van der Waals surface area (Å²) in [6.45, 7) is 4.17. The van der Waals surface area contributed by atoms with E-state index in [0.29, 0.717) is 5.82 Å². The molecule has 0 aliphatic rings. The molecular formula is C13H16N4. The van der Waals surface area contributed by atoms with Crippen molar-refractivity contribution in [3.63, 3.8) is 0 Å². The van der Waals surface area contributed by atoms with Gasteiger partial charge in [0.1, 0.15) is 5.82 Å². The normalized spacial score (nSPS) is 10.3. The summed E-state index contributed by atoms with van der Waals surface area (Å²) in [6, 6.07) is 6.32. The lowest BCUT2D eigenvalue weighted by molar-refractivity contribution is 1.08. The standard InChI is InChI=1S/C13H16N4/c1-9-4-5-11(10(2)6-9)17(3)13-8-15-12(14)7-16-13/h4-8H,1-3H3,(H2,14,15). The molecule has 2 N–H and O–H groups in total. The highest BCUT2D eigenvalue weighted by molar-refractivity contribution is 5.63. The van der Waals surface area contributed by atoms with Crippen LogP contribution in [-0.4, -0.2) is 17.0 Å². The monoisotopic (exact) mass is 228 g/mol. The Morgan fingerprint density at radius 1 is 1.12 bits per heavy atom. The second-order valence-corrected chi connectivity index (χ2v) is 4.15. The zero-order chi connectivity index (χ0) is 12.4. The highest BCUT2D eigenvalue weighted by Crippen LogP contribution is 2.25. The van der Waals surface area contributed by atoms with Gasteiger partial charge in [-0.15, -0.1) is 0 Å². The van der Waals surface area contributed by atoms with Crippen LogP contribution in [0.25, 0.3) is 0 Å². The number of anilines is 3. The van der Waals surface area contributed by atoms with Crippen LogP contribution < -0.4 is 10.6 Å². The molecule has 0 radical (unpaired) electrons. The summed E-state index contributed by atoms with van der Waals surface area (Å²) in [5.74, 6) is 1.22. The van der Waals surface area contributed by atoms with Gasteiger partial charge in [0.25, 0.3) is 0 Å². The quantitative estimate of drug-likeness (QED) is 0.857. The van der Waals surface area contributed by atoms with Gasteiger partial charge in [-0.2, -0.15) is 0 Å². The van der Waals surface area contributed by atoms with Gasteiger partial charge in [0.15, 0.2) is 5.82 Å². The highest BCUT2D eigenvalue weighted by Gasteiger charge is 2.08. The van der Waals surface area contributed by atoms with Gasteiger partial charge in [0, 0.05) is 12.7 Å². The fourth-order valence-electron chi connectivity index (χ4n) is 1.81. The summed E-state index contributed by atoms with van der Waals surface area (Å²) in [5, 5.41) is 0. The molecule has 0 unspecified atom stereocenters. The maximum atomic E-state index is 5.52. The van der Waals surface area contributed by atoms with E-state index in [1.54, 1.807) is 12.4 Å². The maximum absolute atomic E-state index is 5.52. The Morgan fingerprint density at radius 2 is 1.88 bits per heavy atom. The van der Waals surface area contributed by atoms with Gasteiger partial charge >= 0.3 is 0 Å². The van der Waals surface area contributed by atoms with Crippen LogP contribution in [0, 0.1) is 13.8 Å². The van der Waals surface area contributed by atoms with Crippen molar-refractivity contribution in [2.45, 2.75) is 13.8 Å². The van der Waals surface area contributed by atoms with E-state index >= 15 is 0 Å². The smallest absolute Gasteiger partial charge is 0.151 e. The van der Waals surface area contributed by atoms with E-state index in [9.17, 15) is 0 Å². The zero-order valence-electron chi connectivity index (χ0n) is 10.3. The number of aryl methyl sites for hydroxylation is 2. The Balaban J connectivity index is 2.36. The molecule has 0 bridgehead atoms. The Kier molecular flexibility index (Phi) is 2.95. The van der Waals surface area contributed by atoms with Crippen molar-refractivity contribution >= 4 is 17.3 Å². The predicted octanol–water partition coefficient (Wildman–Crippen LogP) is 2.44. The minimum absolute atomic E-state index is 0.433. The molecule has 0 spiro atoms. The zero-order valence-corrected chi connectivity index (χ0v) is 10.3. The minimum Gasteiger partial charge on any atom is -0.382 e. The van der Waals surface area contributed by atoms with Gasteiger partial charge in [-0.25, -0.2) is 9.97 Å². The lowest BCUT2D eigenvalue weighted by Gasteiger charge is -2.20. The molecule has 0 saturated heterocycles. The fraction of sp³-hybridized carbons (Fsp3) is 0.231. The minimum atomic E-state index is 0.433. The van der Waals surface area contributed by atoms with Crippen molar-refractivity contribution in [1.82, 2.24) is 9.97 Å². The molecule has 1 aromatic carbocycles. The average Bonchev–Trinajstić information content (AvgIpc) is 2.29. The molecule has 2 rings (SSSR count). The van der Waals surface area contributed by atoms with Crippen molar-refractivity contribution < 1.29 is 0 Å². The van der Waals surface area contributed by atoms with E-state index in [0.717, 1.165) is 11.5 Å². The third-order valence-corrected chi connectivity index (χ3v) is 2.72. The van der Waals surface area contributed by atoms with Gasteiger partial charge in [0.2, 0.25) is 0 Å². The molecule has 0 amide bonds. The molecular weight excluding hydrogens is 212 g/mol. The van der Waals surface area contributed by atoms with Crippen molar-refractivity contribution in [2.24, 2.45) is 0 Å². The molecule has 1 aromatic heterocycles. The van der Waals surface area contributed by atoms with Crippen molar-refractivity contribution in [3.05, 3.63) is 41.7 Å². The molecule has 0 atom stereocenters. The van der Waals surface area contributed by atoms with Crippen LogP contribution in [0.1, 0.15) is 11.1 Å². The SMILES string of the molecule is Cc1ccc(N(C)c2cnc(N)cn2)c(C)c1. The molecule has 4 nitrogen and oxygen atoms in total. The van der Waals surface area contributed by atoms with Crippen LogP contribution in [-0.2, 0) is 0 Å². The van der Waals surface area contributed by atoms with Crippen LogP contribution in [0.5, 0.6) is 0 Å². The van der Waals surface area contributed by atoms with Gasteiger partial charge in [0.05, 0.1) is 12.4 Å². The van der Waals surface area contributed by atoms with Crippen LogP contribution in [0.3, 0.4) is 0 Å². The third kappa shape index (κ3) is 2.36. The summed E-state index contributed by atoms with van der Waals surface area (Å²) in [6.07, 6.45) is 3.24. The van der Waals surface area contributed by atoms with Gasteiger partial charge in [-0.3, -0.25) is 0 Å². The van der Waals surface area contributed by atoms with E-state index in [1.165, 1.54) is 11.1 Å². The van der Waals surface area contributed by atoms with Gasteiger partial charge < -0.3 is 10.6 Å². The number of nitrogens with zero attached hydrogens (tertiary/aromatic N) is 3. The first-order valence-corrected chi connectivity index (χ1v) is 5.46. The molecule has 0 saturated carbocycles. The second kappa shape index (κ2) is 4.41. The number of nitrogens with two attached hydrogens (primary N) is 1. The van der Waals surface area contributed by atoms with E-state index in [1.807, 2.05) is 11.9 Å². The number of hydrogen-bond acceptors (Lipinski definition) is 4. The van der Waals surface area contributed by atoms with Crippen LogP contribution in [0.2, 0.25) is 0 Å². The lowest BCUT2D eigenvalue weighted by atomic mass is 10.1. The topological polar surface area (TPSA) is 55.0 Å². The molecule has 0 fully saturated rings. The number of benzene rings is 1. The first-order valence-electron chi connectivity index (χ1n) is 5.46. The average molecular weight is 228 g/mol. The van der Waals surface area contributed by atoms with Crippen molar-refractivity contribution in [1.29, 1.82) is 0 Å². The summed E-state index contributed by atoms with van der Waals surface area (Å²) < 4.78 is 0. The van der Waals surface area contributed by atoms with E-state index in [4.69, 9.17) is 5.73 Å². The molecule has 1 heterocycles. The Bertz CT molecular complexity index is 519.